The Hall–Kier alpha value is -7.16. The first-order chi connectivity index (χ1) is 34.3. The maximum absolute atomic E-state index is 9.28. The van der Waals surface area contributed by atoms with Crippen LogP contribution in [0.3, 0.4) is 0 Å². The fraction of sp³-hybridized carbons (Fsp3) is 0. The molecule has 0 fully saturated rings. The smallest absolute Gasteiger partial charge is 0.143 e. The average molecular weight is 707 g/mol. The molecule has 11 aromatic rings. The van der Waals surface area contributed by atoms with Gasteiger partial charge in [-0.1, -0.05) is 182 Å². The Labute approximate surface area is 337 Å². The highest BCUT2D eigenvalue weighted by Gasteiger charge is 2.24. The molecule has 2 heteroatoms. The minimum Gasteiger partial charge on any atom is -0.455 e. The van der Waals surface area contributed by atoms with Crippen molar-refractivity contribution in [2.24, 2.45) is 0 Å². The number of fused-ring (bicyclic) bond motifs is 7. The van der Waals surface area contributed by atoms with E-state index in [1.807, 2.05) is 0 Å². The molecule has 0 amide bonds. The summed E-state index contributed by atoms with van der Waals surface area (Å²) in [5.74, 6) is -0.319. The number of hydrogen-bond acceptors (Lipinski definition) is 2. The normalized spacial score (nSPS) is 16.4. The second kappa shape index (κ2) is 12.2. The Balaban J connectivity index is 1.19. The molecule has 252 valence electrons. The van der Waals surface area contributed by atoms with Gasteiger partial charge in [0.25, 0.3) is 0 Å². The van der Waals surface area contributed by atoms with Crippen LogP contribution in [-0.4, -0.2) is 0 Å². The summed E-state index contributed by atoms with van der Waals surface area (Å²) < 4.78 is 171. The van der Waals surface area contributed by atoms with Crippen LogP contribution in [0.15, 0.2) is 203 Å². The van der Waals surface area contributed by atoms with Gasteiger partial charge in [0, 0.05) is 32.8 Å². The summed E-state index contributed by atoms with van der Waals surface area (Å²) in [6.45, 7) is 0. The first-order valence-electron chi connectivity index (χ1n) is 26.0. The fourth-order valence-electron chi connectivity index (χ4n) is 7.48. The zero-order valence-corrected chi connectivity index (χ0v) is 27.9. The van der Waals surface area contributed by atoms with Gasteiger partial charge < -0.3 is 8.83 Å². The van der Waals surface area contributed by atoms with E-state index in [9.17, 15) is 5.48 Å². The molecule has 0 aliphatic carbocycles. The maximum Gasteiger partial charge on any atom is 0.143 e. The van der Waals surface area contributed by atoms with Crippen LogP contribution in [0.5, 0.6) is 0 Å². The minimum atomic E-state index is -0.674. The van der Waals surface area contributed by atoms with Crippen molar-refractivity contribution in [3.05, 3.63) is 194 Å². The lowest BCUT2D eigenvalue weighted by Gasteiger charge is -2.18. The van der Waals surface area contributed by atoms with E-state index in [2.05, 4.69) is 0 Å². The van der Waals surface area contributed by atoms with Gasteiger partial charge in [0.05, 0.1) is 24.7 Å². The van der Waals surface area contributed by atoms with Gasteiger partial charge in [0.15, 0.2) is 0 Å². The van der Waals surface area contributed by atoms with Crippen molar-refractivity contribution in [3.63, 3.8) is 0 Å². The van der Waals surface area contributed by atoms with E-state index in [0.717, 1.165) is 0 Å². The molecule has 0 bridgehead atoms. The third-order valence-corrected chi connectivity index (χ3v) is 9.71. The molecule has 2 nitrogen and oxygen atoms in total. The van der Waals surface area contributed by atoms with Crippen molar-refractivity contribution in [1.82, 2.24) is 0 Å². The molecule has 0 atom stereocenters. The molecule has 0 spiro atoms. The monoisotopic (exact) mass is 706 g/mol. The van der Waals surface area contributed by atoms with Crippen LogP contribution in [0.4, 0.5) is 0 Å². The van der Waals surface area contributed by atoms with Crippen molar-refractivity contribution in [3.8, 4) is 55.8 Å². The van der Waals surface area contributed by atoms with Gasteiger partial charge >= 0.3 is 0 Å². The fourth-order valence-corrected chi connectivity index (χ4v) is 7.48. The van der Waals surface area contributed by atoms with E-state index in [1.54, 1.807) is 78.9 Å². The molecule has 2 heterocycles. The second-order valence-corrected chi connectivity index (χ2v) is 12.6. The van der Waals surface area contributed by atoms with Crippen LogP contribution in [0.25, 0.3) is 110 Å². The second-order valence-electron chi connectivity index (χ2n) is 12.6. The molecule has 0 saturated heterocycles. The molecule has 0 N–H and O–H groups in total. The number of furan rings is 2. The number of hydrogen-bond donors (Lipinski definition) is 0. The topological polar surface area (TPSA) is 26.3 Å². The van der Waals surface area contributed by atoms with Gasteiger partial charge in [-0.2, -0.15) is 0 Å². The summed E-state index contributed by atoms with van der Waals surface area (Å²) >= 11 is 0. The third-order valence-electron chi connectivity index (χ3n) is 9.71. The van der Waals surface area contributed by atoms with E-state index in [-0.39, 0.29) is 83.8 Å². The maximum atomic E-state index is 9.28. The van der Waals surface area contributed by atoms with Crippen molar-refractivity contribution < 1.29 is 33.5 Å². The van der Waals surface area contributed by atoms with Crippen molar-refractivity contribution in [2.45, 2.75) is 0 Å². The third kappa shape index (κ3) is 4.67. The van der Waals surface area contributed by atoms with E-state index in [1.165, 1.54) is 6.07 Å². The lowest BCUT2D eigenvalue weighted by Crippen LogP contribution is -1.90. The van der Waals surface area contributed by atoms with Crippen LogP contribution in [-0.2, 0) is 0 Å². The van der Waals surface area contributed by atoms with Gasteiger partial charge in [-0.15, -0.1) is 0 Å². The lowest BCUT2D eigenvalue weighted by molar-refractivity contribution is 0.632. The first-order valence-corrected chi connectivity index (χ1v) is 17.0. The van der Waals surface area contributed by atoms with E-state index in [0.29, 0.717) is 38.6 Å². The quantitative estimate of drug-likeness (QED) is 0.167. The molecule has 0 aliphatic heterocycles. The molecule has 2 aromatic heterocycles. The molecular weight excluding hydrogens is 657 g/mol. The molecular formula is C52H32O2. The van der Waals surface area contributed by atoms with Crippen molar-refractivity contribution in [2.75, 3.05) is 0 Å². The summed E-state index contributed by atoms with van der Waals surface area (Å²) in [6, 6.07) is 13.8. The van der Waals surface area contributed by atoms with Crippen LogP contribution in [0.2, 0.25) is 0 Å². The van der Waals surface area contributed by atoms with Gasteiger partial charge in [0.2, 0.25) is 0 Å². The van der Waals surface area contributed by atoms with Gasteiger partial charge in [0.1, 0.15) is 22.5 Å². The van der Waals surface area contributed by atoms with Gasteiger partial charge in [-0.05, 0) is 67.1 Å². The van der Waals surface area contributed by atoms with E-state index < -0.39 is 96.7 Å². The molecule has 0 unspecified atom stereocenters. The highest BCUT2D eigenvalue weighted by atomic mass is 16.3. The van der Waals surface area contributed by atoms with Crippen molar-refractivity contribution in [1.29, 1.82) is 0 Å². The molecule has 9 aromatic carbocycles. The summed E-state index contributed by atoms with van der Waals surface area (Å²) in [6.07, 6.45) is 0. The van der Waals surface area contributed by atoms with Crippen LogP contribution >= 0.6 is 0 Å². The molecule has 0 saturated carbocycles. The van der Waals surface area contributed by atoms with Gasteiger partial charge in [-0.25, -0.2) is 0 Å². The number of benzene rings is 9. The first kappa shape index (κ1) is 17.6. The van der Waals surface area contributed by atoms with Crippen molar-refractivity contribution >= 4 is 54.5 Å². The molecule has 0 aliphatic rings. The Bertz CT molecular complexity index is 4100. The zero-order valence-electron chi connectivity index (χ0n) is 45.9. The lowest BCUT2D eigenvalue weighted by atomic mass is 9.85. The summed E-state index contributed by atoms with van der Waals surface area (Å²) in [4.78, 5) is 0. The van der Waals surface area contributed by atoms with Gasteiger partial charge in [-0.3, -0.25) is 0 Å². The number of para-hydroxylation sites is 1. The molecule has 11 rings (SSSR count). The average Bonchev–Trinajstić information content (AvgIpc) is 3.96. The summed E-state index contributed by atoms with van der Waals surface area (Å²) in [5.41, 5.74) is 2.25. The highest BCUT2D eigenvalue weighted by molar-refractivity contribution is 6.25. The summed E-state index contributed by atoms with van der Waals surface area (Å²) in [5, 5.41) is 1.31. The Morgan fingerprint density at radius 2 is 0.852 bits per heavy atom. The Kier molecular flexibility index (Phi) is 3.98. The Morgan fingerprint density at radius 1 is 0.333 bits per heavy atom. The summed E-state index contributed by atoms with van der Waals surface area (Å²) in [7, 11) is 0. The highest BCUT2D eigenvalue weighted by Crippen LogP contribution is 2.48. The van der Waals surface area contributed by atoms with Crippen LogP contribution in [0.1, 0.15) is 24.7 Å². The Morgan fingerprint density at radius 3 is 1.46 bits per heavy atom. The molecule has 0 radical (unpaired) electrons. The van der Waals surface area contributed by atoms with Crippen LogP contribution in [0, 0.1) is 0 Å². The predicted molar refractivity (Wildman–Crippen MR) is 226 cm³/mol. The zero-order chi connectivity index (χ0) is 51.3. The van der Waals surface area contributed by atoms with E-state index in [4.69, 9.17) is 28.0 Å². The standard InChI is InChI=1S/C52H32O2/c1-4-15-34(16-5-1)46-39-21-10-12-23-41(39)47(42-24-13-11-22-40(42)46)36-29-27-33(28-30-36)38-25-14-26-43-49-44(54-52(38)43)31-32-45-50(49)48(35-17-6-2-7-18-35)51(53-45)37-19-8-3-9-20-37/h1-32H/i2D,3D,6D,7D,8D,9D,10D,11D,12D,13D,17D,18D,19D,20D,21D,22D,23D,24D. The molecule has 54 heavy (non-hydrogen) atoms. The predicted octanol–water partition coefficient (Wildman–Crippen LogP) is 15.0. The SMILES string of the molecule is [2H]c1c([2H])c([2H])c(-c2oc3ccc4oc5c(-c6ccc(-c7c8c([2H])c([2H])c([2H])c([2H])c8c(-c8ccccc8)c8c([2H])c([2H])c([2H])c([2H])c78)cc6)cccc5c4c3c2-c2c([2H])c([2H])c([2H])c([2H])c2[2H])c([2H])c1[2H]. The minimum absolute atomic E-state index is 0.0616. The van der Waals surface area contributed by atoms with E-state index >= 15 is 0 Å². The number of rotatable bonds is 5. The largest absolute Gasteiger partial charge is 0.455 e. The van der Waals surface area contributed by atoms with Crippen LogP contribution < -0.4 is 0 Å².